The van der Waals surface area contributed by atoms with Crippen LogP contribution in [-0.4, -0.2) is 20.7 Å². The average Bonchev–Trinajstić information content (AvgIpc) is 3.11. The molecule has 0 spiro atoms. The fraction of sp³-hybridized carbons (Fsp3) is 0.192. The van der Waals surface area contributed by atoms with Crippen molar-refractivity contribution in [1.82, 2.24) is 14.5 Å². The second-order valence-corrected chi connectivity index (χ2v) is 8.43. The summed E-state index contributed by atoms with van der Waals surface area (Å²) < 4.78 is 2.13. The lowest BCUT2D eigenvalue weighted by atomic mass is 9.72. The molecule has 2 aromatic heterocycles. The van der Waals surface area contributed by atoms with Crippen molar-refractivity contribution >= 4 is 22.8 Å². The maximum Gasteiger partial charge on any atom is 0.162 e. The van der Waals surface area contributed by atoms with Crippen molar-refractivity contribution in [2.24, 2.45) is 18.5 Å². The van der Waals surface area contributed by atoms with E-state index in [2.05, 4.69) is 45.9 Å². The van der Waals surface area contributed by atoms with Gasteiger partial charge < -0.3 is 21.4 Å². The maximum atomic E-state index is 7.64. The van der Waals surface area contributed by atoms with Gasteiger partial charge in [-0.15, -0.1) is 0 Å². The zero-order chi connectivity index (χ0) is 22.3. The van der Waals surface area contributed by atoms with Gasteiger partial charge in [0.15, 0.2) is 5.82 Å². The van der Waals surface area contributed by atoms with Crippen LogP contribution in [0.25, 0.3) is 39.0 Å². The van der Waals surface area contributed by atoms with Crippen LogP contribution < -0.4 is 11.5 Å². The molecule has 2 heterocycles. The fourth-order valence-corrected chi connectivity index (χ4v) is 4.55. The van der Waals surface area contributed by atoms with Crippen molar-refractivity contribution in [2.45, 2.75) is 24.8 Å². The summed E-state index contributed by atoms with van der Waals surface area (Å²) in [4.78, 5) is 9.31. The van der Waals surface area contributed by atoms with Gasteiger partial charge in [-0.2, -0.15) is 0 Å². The number of benzene rings is 2. The molecule has 1 saturated carbocycles. The van der Waals surface area contributed by atoms with Gasteiger partial charge in [-0.25, -0.2) is 9.97 Å². The van der Waals surface area contributed by atoms with Crippen molar-refractivity contribution in [3.8, 4) is 22.4 Å². The van der Waals surface area contributed by atoms with Crippen LogP contribution in [0.4, 0.5) is 0 Å². The van der Waals surface area contributed by atoms with Gasteiger partial charge in [0.1, 0.15) is 5.52 Å². The Morgan fingerprint density at radius 2 is 1.78 bits per heavy atom. The van der Waals surface area contributed by atoms with Gasteiger partial charge in [-0.3, -0.25) is 0 Å². The number of rotatable bonds is 5. The summed E-state index contributed by atoms with van der Waals surface area (Å²) in [5.41, 5.74) is 19.7. The number of fused-ring (bicyclic) bond motifs is 1. The van der Waals surface area contributed by atoms with Gasteiger partial charge in [0, 0.05) is 30.6 Å². The first-order valence-corrected chi connectivity index (χ1v) is 10.8. The van der Waals surface area contributed by atoms with E-state index in [4.69, 9.17) is 21.9 Å². The summed E-state index contributed by atoms with van der Waals surface area (Å²) in [5.74, 6) is 0.438. The van der Waals surface area contributed by atoms with Gasteiger partial charge in [0.25, 0.3) is 0 Å². The molecule has 6 heteroatoms. The fourth-order valence-electron chi connectivity index (χ4n) is 4.55. The zero-order valence-electron chi connectivity index (χ0n) is 18.0. The van der Waals surface area contributed by atoms with Crippen LogP contribution in [0.3, 0.4) is 0 Å². The summed E-state index contributed by atoms with van der Waals surface area (Å²) in [5, 5.41) is 7.64. The summed E-state index contributed by atoms with van der Waals surface area (Å²) >= 11 is 0. The highest BCUT2D eigenvalue weighted by molar-refractivity contribution is 6.08. The summed E-state index contributed by atoms with van der Waals surface area (Å²) in [6.45, 7) is 0. The predicted octanol–water partition coefficient (Wildman–Crippen LogP) is 4.59. The third-order valence-corrected chi connectivity index (χ3v) is 6.57. The van der Waals surface area contributed by atoms with E-state index < -0.39 is 0 Å². The molecule has 6 nitrogen and oxygen atoms in total. The number of aryl methyl sites for hydroxylation is 1. The molecule has 160 valence electrons. The van der Waals surface area contributed by atoms with E-state index in [1.54, 1.807) is 6.20 Å². The lowest BCUT2D eigenvalue weighted by Crippen LogP contribution is -2.43. The molecule has 4 aromatic rings. The van der Waals surface area contributed by atoms with Gasteiger partial charge in [0.05, 0.1) is 23.0 Å². The number of nitrogens with zero attached hydrogens (tertiary/aromatic N) is 3. The van der Waals surface area contributed by atoms with E-state index >= 15 is 0 Å². The van der Waals surface area contributed by atoms with Gasteiger partial charge in [-0.1, -0.05) is 54.6 Å². The largest absolute Gasteiger partial charge is 0.404 e. The first kappa shape index (κ1) is 20.2. The van der Waals surface area contributed by atoms with E-state index in [-0.39, 0.29) is 5.54 Å². The maximum absolute atomic E-state index is 7.64. The number of nitrogens with one attached hydrogen (secondary N) is 1. The van der Waals surface area contributed by atoms with E-state index in [1.807, 2.05) is 25.2 Å². The topological polar surface area (TPSA) is 107 Å². The molecule has 2 aromatic carbocycles. The molecular weight excluding hydrogens is 396 g/mol. The summed E-state index contributed by atoms with van der Waals surface area (Å²) in [6, 6.07) is 18.9. The number of aromatic nitrogens is 3. The molecule has 0 amide bonds. The second-order valence-electron chi connectivity index (χ2n) is 8.43. The van der Waals surface area contributed by atoms with E-state index in [9.17, 15) is 0 Å². The van der Waals surface area contributed by atoms with E-state index in [1.165, 1.54) is 24.4 Å². The number of hydrogen-bond donors (Lipinski definition) is 3. The minimum atomic E-state index is -0.195. The minimum Gasteiger partial charge on any atom is -0.404 e. The monoisotopic (exact) mass is 422 g/mol. The van der Waals surface area contributed by atoms with Crippen LogP contribution in [0.2, 0.25) is 0 Å². The molecule has 0 saturated heterocycles. The zero-order valence-corrected chi connectivity index (χ0v) is 18.0. The van der Waals surface area contributed by atoms with Gasteiger partial charge in [-0.05, 0) is 36.0 Å². The summed E-state index contributed by atoms with van der Waals surface area (Å²) in [6.07, 6.45) is 7.59. The van der Waals surface area contributed by atoms with Gasteiger partial charge in [0.2, 0.25) is 0 Å². The highest BCUT2D eigenvalue weighted by Crippen LogP contribution is 2.42. The number of nitrogens with two attached hydrogens (primary N) is 2. The molecule has 0 aliphatic heterocycles. The van der Waals surface area contributed by atoms with E-state index in [0.29, 0.717) is 11.4 Å². The highest BCUT2D eigenvalue weighted by atomic mass is 15.0. The Morgan fingerprint density at radius 3 is 2.38 bits per heavy atom. The molecule has 1 aliphatic rings. The molecule has 1 fully saturated rings. The normalized spacial score (nSPS) is 15.5. The van der Waals surface area contributed by atoms with Crippen LogP contribution in [0.1, 0.15) is 30.7 Å². The Balaban J connectivity index is 1.76. The minimum absolute atomic E-state index is 0.195. The second kappa shape index (κ2) is 7.73. The predicted molar refractivity (Wildman–Crippen MR) is 130 cm³/mol. The Hall–Kier alpha value is -3.77. The smallest absolute Gasteiger partial charge is 0.162 e. The number of hydrogen-bond acceptors (Lipinski definition) is 5. The van der Waals surface area contributed by atoms with Crippen LogP contribution in [0, 0.1) is 5.41 Å². The highest BCUT2D eigenvalue weighted by Gasteiger charge is 2.34. The average molecular weight is 423 g/mol. The Morgan fingerprint density at radius 1 is 1.06 bits per heavy atom. The lowest BCUT2D eigenvalue weighted by molar-refractivity contribution is 0.253. The third kappa shape index (κ3) is 3.11. The third-order valence-electron chi connectivity index (χ3n) is 6.57. The Labute approximate surface area is 187 Å². The molecule has 5 rings (SSSR count). The SMILES string of the molecule is Cn1c(-c2ccccc2)c(-c2ccc(C3(N)CCC3)cc2)c2nc(/C(C=N)=C/N)ncc21. The first-order valence-electron chi connectivity index (χ1n) is 10.8. The van der Waals surface area contributed by atoms with Crippen molar-refractivity contribution in [2.75, 3.05) is 0 Å². The van der Waals surface area contributed by atoms with Crippen molar-refractivity contribution in [3.05, 3.63) is 78.4 Å². The lowest BCUT2D eigenvalue weighted by Gasteiger charge is -2.38. The van der Waals surface area contributed by atoms with Crippen LogP contribution >= 0.6 is 0 Å². The molecule has 1 aliphatic carbocycles. The first-order chi connectivity index (χ1) is 15.6. The molecule has 0 radical (unpaired) electrons. The molecule has 32 heavy (non-hydrogen) atoms. The van der Waals surface area contributed by atoms with Crippen molar-refractivity contribution in [3.63, 3.8) is 0 Å². The Kier molecular flexibility index (Phi) is 4.87. The molecule has 0 bridgehead atoms. The quantitative estimate of drug-likeness (QED) is 0.409. The number of allylic oxidation sites excluding steroid dienone is 1. The molecule has 0 atom stereocenters. The molecular formula is C26H26N6. The van der Waals surface area contributed by atoms with Crippen LogP contribution in [0.5, 0.6) is 0 Å². The van der Waals surface area contributed by atoms with Gasteiger partial charge >= 0.3 is 0 Å². The molecule has 5 N–H and O–H groups in total. The molecule has 0 unspecified atom stereocenters. The summed E-state index contributed by atoms with van der Waals surface area (Å²) in [7, 11) is 2.03. The van der Waals surface area contributed by atoms with E-state index in [0.717, 1.165) is 46.3 Å². The van der Waals surface area contributed by atoms with Crippen LogP contribution in [0.15, 0.2) is 67.0 Å². The standard InChI is InChI=1S/C26H26N6/c1-32-21-16-30-25(19(14-27)15-28)31-23(21)22(24(32)18-6-3-2-4-7-18)17-8-10-20(11-9-17)26(29)12-5-13-26/h2-4,6-11,14-16,27H,5,12-13,28-29H2,1H3/b19-15+,27-14?. The van der Waals surface area contributed by atoms with Crippen molar-refractivity contribution < 1.29 is 0 Å². The van der Waals surface area contributed by atoms with Crippen LogP contribution in [-0.2, 0) is 12.6 Å². The Bertz CT molecular complexity index is 1330. The van der Waals surface area contributed by atoms with Crippen molar-refractivity contribution in [1.29, 1.82) is 5.41 Å².